The minimum atomic E-state index is -1.26. The molecule has 0 saturated carbocycles. The molecule has 0 unspecified atom stereocenters. The van der Waals surface area contributed by atoms with Crippen LogP contribution in [-0.2, 0) is 38.4 Å². The molecule has 0 saturated heterocycles. The van der Waals surface area contributed by atoms with E-state index >= 15 is 0 Å². The molecule has 384 valence electrons. The van der Waals surface area contributed by atoms with Gasteiger partial charge in [0.25, 0.3) is 0 Å². The number of hydrogen-bond acceptors (Lipinski definition) is 12. The molecule has 0 aliphatic carbocycles. The standard InChI is InChI=1S/C43H83N15O9/c1-8-10-15-27(38(64)57-31(22-24(3)4)35(61)52-23-32(59)60)53-36(62)28(16-11-12-19-44)56-41(67)34(26(7)9-2)58-39(65)30(18-14-21-51-43(48)49)54-37(63)29(17-13-20-50-42(46)47)55-40(66)33(45)25(5)6/h24-31,33-34H,8-23,44-45H2,1-7H3,(H,52,61)(H,53,62)(H,54,63)(H,55,66)(H,56,67)(H,57,64)(H,58,65)(H,59,60)(H4,46,47,50)(H4,48,49,51)/t26-,27-,28-,29-,30-,31-,33-,34-/m0/s1. The number of rotatable bonds is 35. The summed E-state index contributed by atoms with van der Waals surface area (Å²) < 4.78 is 0. The van der Waals surface area contributed by atoms with Gasteiger partial charge in [-0.15, -0.1) is 0 Å². The van der Waals surface area contributed by atoms with Crippen molar-refractivity contribution in [1.82, 2.24) is 37.2 Å². The Morgan fingerprint density at radius 3 is 1.36 bits per heavy atom. The number of amides is 7. The van der Waals surface area contributed by atoms with Gasteiger partial charge in [0.1, 0.15) is 42.8 Å². The van der Waals surface area contributed by atoms with Gasteiger partial charge < -0.3 is 76.7 Å². The van der Waals surface area contributed by atoms with Crippen LogP contribution in [0.1, 0.15) is 126 Å². The molecule has 0 aromatic carbocycles. The molecular formula is C43H83N15O9. The smallest absolute Gasteiger partial charge is 0.322 e. The molecule has 0 heterocycles. The zero-order chi connectivity index (χ0) is 51.2. The summed E-state index contributed by atoms with van der Waals surface area (Å²) in [5.41, 5.74) is 33.8. The van der Waals surface area contributed by atoms with E-state index in [0.717, 1.165) is 0 Å². The van der Waals surface area contributed by atoms with Crippen molar-refractivity contribution in [2.45, 2.75) is 168 Å². The van der Waals surface area contributed by atoms with Gasteiger partial charge in [-0.25, -0.2) is 0 Å². The molecule has 24 nitrogen and oxygen atoms in total. The molecule has 7 amide bonds. The molecule has 0 radical (unpaired) electrons. The lowest BCUT2D eigenvalue weighted by Gasteiger charge is -2.30. The van der Waals surface area contributed by atoms with Gasteiger partial charge >= 0.3 is 5.97 Å². The van der Waals surface area contributed by atoms with E-state index in [2.05, 4.69) is 47.2 Å². The van der Waals surface area contributed by atoms with Crippen LogP contribution in [0.5, 0.6) is 0 Å². The maximum atomic E-state index is 14.3. The summed E-state index contributed by atoms with van der Waals surface area (Å²) in [6, 6.07) is -7.98. The fourth-order valence-corrected chi connectivity index (χ4v) is 6.58. The predicted molar refractivity (Wildman–Crippen MR) is 256 cm³/mol. The number of aliphatic carboxylic acids is 1. The monoisotopic (exact) mass is 954 g/mol. The zero-order valence-electron chi connectivity index (χ0n) is 40.7. The number of carbonyl (C=O) groups is 8. The lowest BCUT2D eigenvalue weighted by Crippen LogP contribution is -2.61. The Kier molecular flexibility index (Phi) is 30.7. The van der Waals surface area contributed by atoms with Crippen LogP contribution in [0.3, 0.4) is 0 Å². The van der Waals surface area contributed by atoms with Gasteiger partial charge in [0.15, 0.2) is 11.9 Å². The van der Waals surface area contributed by atoms with E-state index in [1.807, 2.05) is 20.8 Å². The summed E-state index contributed by atoms with van der Waals surface area (Å²) in [6.45, 7) is 12.5. The fraction of sp³-hybridized carbons (Fsp3) is 0.767. The van der Waals surface area contributed by atoms with Crippen LogP contribution < -0.4 is 71.6 Å². The van der Waals surface area contributed by atoms with E-state index in [0.29, 0.717) is 38.6 Å². The Balaban J connectivity index is 6.73. The van der Waals surface area contributed by atoms with Crippen molar-refractivity contribution in [3.8, 4) is 0 Å². The van der Waals surface area contributed by atoms with Crippen LogP contribution in [0.15, 0.2) is 9.98 Å². The Morgan fingerprint density at radius 1 is 0.537 bits per heavy atom. The number of nitrogens with one attached hydrogen (secondary N) is 7. The van der Waals surface area contributed by atoms with E-state index in [9.17, 15) is 38.4 Å². The highest BCUT2D eigenvalue weighted by Crippen LogP contribution is 2.14. The van der Waals surface area contributed by atoms with Crippen LogP contribution in [0.2, 0.25) is 0 Å². The average molecular weight is 954 g/mol. The maximum Gasteiger partial charge on any atom is 0.322 e. The number of guanidine groups is 2. The zero-order valence-corrected chi connectivity index (χ0v) is 40.7. The van der Waals surface area contributed by atoms with E-state index in [1.54, 1.807) is 27.7 Å². The fourth-order valence-electron chi connectivity index (χ4n) is 6.58. The first-order valence-electron chi connectivity index (χ1n) is 23.4. The molecule has 24 heteroatoms. The molecule has 0 fully saturated rings. The topological polar surface area (TPSA) is 422 Å². The predicted octanol–water partition coefficient (Wildman–Crippen LogP) is -2.40. The number of hydrogen-bond donors (Lipinski definition) is 14. The second kappa shape index (κ2) is 33.7. The Hall–Kier alpha value is -5.78. The van der Waals surface area contributed by atoms with Crippen molar-refractivity contribution in [2.75, 3.05) is 26.2 Å². The first-order valence-corrected chi connectivity index (χ1v) is 23.4. The summed E-state index contributed by atoms with van der Waals surface area (Å²) in [5, 5.41) is 27.7. The number of unbranched alkanes of at least 4 members (excludes halogenated alkanes) is 2. The summed E-state index contributed by atoms with van der Waals surface area (Å²) in [7, 11) is 0. The lowest BCUT2D eigenvalue weighted by molar-refractivity contribution is -0.138. The number of carbonyl (C=O) groups excluding carboxylic acids is 7. The van der Waals surface area contributed by atoms with E-state index < -0.39 is 102 Å². The van der Waals surface area contributed by atoms with Crippen LogP contribution >= 0.6 is 0 Å². The van der Waals surface area contributed by atoms with Crippen LogP contribution in [0.4, 0.5) is 0 Å². The Morgan fingerprint density at radius 2 is 0.955 bits per heavy atom. The number of carboxylic acid groups (broad SMARTS) is 1. The SMILES string of the molecule is CCCC[C@H](NC(=O)[C@H](CCCCN)NC(=O)[C@@H](NC(=O)[C@H](CCCN=C(N)N)NC(=O)[C@H](CCCN=C(N)N)NC(=O)[C@@H](N)C(C)C)[C@@H](C)CC)C(=O)N[C@@H](CC(C)C)C(=O)NCC(=O)O. The van der Waals surface area contributed by atoms with Gasteiger partial charge in [0, 0.05) is 13.1 Å². The van der Waals surface area contributed by atoms with Crippen molar-refractivity contribution < 1.29 is 43.5 Å². The molecule has 0 aromatic rings. The van der Waals surface area contributed by atoms with Gasteiger partial charge in [-0.3, -0.25) is 48.3 Å². The summed E-state index contributed by atoms with van der Waals surface area (Å²) in [5.74, 6) is -7.21. The summed E-state index contributed by atoms with van der Waals surface area (Å²) in [4.78, 5) is 115. The van der Waals surface area contributed by atoms with Crippen LogP contribution in [0, 0.1) is 17.8 Å². The molecule has 0 rings (SSSR count). The quantitative estimate of drug-likeness (QED) is 0.0179. The third-order valence-corrected chi connectivity index (χ3v) is 10.8. The van der Waals surface area contributed by atoms with E-state index in [4.69, 9.17) is 39.5 Å². The maximum absolute atomic E-state index is 14.3. The molecule has 0 aliphatic heterocycles. The van der Waals surface area contributed by atoms with Crippen LogP contribution in [-0.4, -0.2) is 133 Å². The minimum absolute atomic E-state index is 0.00789. The van der Waals surface area contributed by atoms with Crippen molar-refractivity contribution in [3.63, 3.8) is 0 Å². The van der Waals surface area contributed by atoms with Crippen molar-refractivity contribution in [3.05, 3.63) is 0 Å². The normalized spacial score (nSPS) is 14.7. The number of aliphatic imine (C=N–C) groups is 2. The van der Waals surface area contributed by atoms with Crippen LogP contribution in [0.25, 0.3) is 0 Å². The average Bonchev–Trinajstić information content (AvgIpc) is 3.25. The molecule has 67 heavy (non-hydrogen) atoms. The van der Waals surface area contributed by atoms with Crippen molar-refractivity contribution in [1.29, 1.82) is 0 Å². The Bertz CT molecular complexity index is 1640. The van der Waals surface area contributed by atoms with Crippen molar-refractivity contribution in [2.24, 2.45) is 62.1 Å². The minimum Gasteiger partial charge on any atom is -0.480 e. The molecule has 0 aromatic heterocycles. The van der Waals surface area contributed by atoms with Crippen molar-refractivity contribution >= 4 is 59.2 Å². The summed E-state index contributed by atoms with van der Waals surface area (Å²) >= 11 is 0. The van der Waals surface area contributed by atoms with E-state index in [1.165, 1.54) is 0 Å². The highest BCUT2D eigenvalue weighted by molar-refractivity contribution is 5.97. The third kappa shape index (κ3) is 26.2. The largest absolute Gasteiger partial charge is 0.480 e. The third-order valence-electron chi connectivity index (χ3n) is 10.8. The lowest BCUT2D eigenvalue weighted by atomic mass is 9.96. The van der Waals surface area contributed by atoms with Gasteiger partial charge in [-0.2, -0.15) is 0 Å². The van der Waals surface area contributed by atoms with Gasteiger partial charge in [0.2, 0.25) is 41.4 Å². The first kappa shape index (κ1) is 61.2. The van der Waals surface area contributed by atoms with Gasteiger partial charge in [-0.1, -0.05) is 67.7 Å². The highest BCUT2D eigenvalue weighted by Gasteiger charge is 2.35. The molecule has 0 spiro atoms. The molecule has 0 aliphatic rings. The van der Waals surface area contributed by atoms with E-state index in [-0.39, 0.29) is 81.8 Å². The number of carboxylic acids is 1. The molecule has 20 N–H and O–H groups in total. The molecule has 8 atom stereocenters. The first-order chi connectivity index (χ1) is 31.5. The second-order valence-electron chi connectivity index (χ2n) is 17.5. The second-order valence-corrected chi connectivity index (χ2v) is 17.5. The highest BCUT2D eigenvalue weighted by atomic mass is 16.4. The number of nitrogens with two attached hydrogens (primary N) is 6. The Labute approximate surface area is 395 Å². The molecular weight excluding hydrogens is 871 g/mol. The molecule has 0 bridgehead atoms. The summed E-state index contributed by atoms with van der Waals surface area (Å²) in [6.07, 6.45) is 3.59. The van der Waals surface area contributed by atoms with Gasteiger partial charge in [-0.05, 0) is 82.1 Å². The van der Waals surface area contributed by atoms with Gasteiger partial charge in [0.05, 0.1) is 6.04 Å². The number of nitrogens with zero attached hydrogens (tertiary/aromatic N) is 2.